The number of benzene rings is 2. The van der Waals surface area contributed by atoms with Crippen molar-refractivity contribution in [3.8, 4) is 0 Å². The van der Waals surface area contributed by atoms with E-state index < -0.39 is 22.9 Å². The van der Waals surface area contributed by atoms with Crippen LogP contribution in [-0.2, 0) is 11.0 Å². The van der Waals surface area contributed by atoms with E-state index in [0.717, 1.165) is 37.6 Å². The minimum absolute atomic E-state index is 0.0561. The van der Waals surface area contributed by atoms with Crippen LogP contribution in [0, 0.1) is 0 Å². The van der Waals surface area contributed by atoms with Gasteiger partial charge >= 0.3 is 6.18 Å². The molecule has 1 amide bonds. The molecule has 5 rings (SSSR count). The first-order chi connectivity index (χ1) is 15.8. The maximum absolute atomic E-state index is 13.5. The summed E-state index contributed by atoms with van der Waals surface area (Å²) in [7, 11) is 0. The third-order valence-electron chi connectivity index (χ3n) is 5.65. The lowest BCUT2D eigenvalue weighted by molar-refractivity contribution is -0.137. The normalized spacial score (nSPS) is 17.1. The summed E-state index contributed by atoms with van der Waals surface area (Å²) in [5.41, 5.74) is -0.654. The summed E-state index contributed by atoms with van der Waals surface area (Å²) in [6.45, 7) is 0. The number of amides is 1. The smallest absolute Gasteiger partial charge is 0.324 e. The van der Waals surface area contributed by atoms with Gasteiger partial charge in [0.2, 0.25) is 5.91 Å². The number of carbonyl (C=O) groups is 1. The van der Waals surface area contributed by atoms with Crippen molar-refractivity contribution in [2.75, 3.05) is 5.32 Å². The monoisotopic (exact) mass is 492 g/mol. The molecule has 10 heteroatoms. The zero-order valence-corrected chi connectivity index (χ0v) is 18.9. The van der Waals surface area contributed by atoms with E-state index in [1.165, 1.54) is 23.9 Å². The number of halogens is 4. The highest BCUT2D eigenvalue weighted by Gasteiger charge is 2.38. The molecule has 0 aliphatic heterocycles. The summed E-state index contributed by atoms with van der Waals surface area (Å²) < 4.78 is 42.8. The van der Waals surface area contributed by atoms with Gasteiger partial charge in [-0.05, 0) is 49.4 Å². The van der Waals surface area contributed by atoms with Gasteiger partial charge in [-0.1, -0.05) is 53.7 Å². The predicted octanol–water partition coefficient (Wildman–Crippen LogP) is 6.63. The molecule has 2 saturated carbocycles. The fourth-order valence-corrected chi connectivity index (χ4v) is 5.02. The molecule has 1 aromatic heterocycles. The van der Waals surface area contributed by atoms with Gasteiger partial charge in [-0.15, -0.1) is 10.2 Å². The summed E-state index contributed by atoms with van der Waals surface area (Å²) >= 11 is 6.99. The number of nitrogens with zero attached hydrogens (tertiary/aromatic N) is 3. The Hall–Kier alpha value is -2.52. The molecule has 1 heterocycles. The van der Waals surface area contributed by atoms with Crippen molar-refractivity contribution in [1.29, 1.82) is 0 Å². The van der Waals surface area contributed by atoms with Crippen LogP contribution in [-0.4, -0.2) is 20.7 Å². The molecule has 2 aromatic carbocycles. The highest BCUT2D eigenvalue weighted by Crippen LogP contribution is 2.48. The van der Waals surface area contributed by atoms with Crippen molar-refractivity contribution in [2.45, 2.75) is 54.2 Å². The molecule has 0 bridgehead atoms. The van der Waals surface area contributed by atoms with Crippen LogP contribution in [0.1, 0.15) is 59.8 Å². The number of carbonyl (C=O) groups excluding carboxylic acids is 1. The summed E-state index contributed by atoms with van der Waals surface area (Å²) in [5.74, 6) is 0.779. The third-order valence-corrected chi connectivity index (χ3v) is 7.10. The Morgan fingerprint density at radius 3 is 2.45 bits per heavy atom. The number of aromatic nitrogens is 3. The number of thioether (sulfide) groups is 1. The molecule has 0 radical (unpaired) electrons. The van der Waals surface area contributed by atoms with Gasteiger partial charge in [-0.25, -0.2) is 0 Å². The Labute approximate surface area is 197 Å². The number of alkyl halides is 3. The lowest BCUT2D eigenvalue weighted by atomic mass is 10.1. The lowest BCUT2D eigenvalue weighted by Crippen LogP contribution is -2.22. The topological polar surface area (TPSA) is 59.8 Å². The largest absolute Gasteiger partial charge is 0.418 e. The molecular formula is C23H20ClF3N4OS. The summed E-state index contributed by atoms with van der Waals surface area (Å²) in [4.78, 5) is 13.3. The van der Waals surface area contributed by atoms with Gasteiger partial charge in [-0.3, -0.25) is 4.79 Å². The van der Waals surface area contributed by atoms with Gasteiger partial charge in [-0.2, -0.15) is 13.2 Å². The predicted molar refractivity (Wildman–Crippen MR) is 120 cm³/mol. The summed E-state index contributed by atoms with van der Waals surface area (Å²) in [6, 6.07) is 12.6. The molecule has 0 unspecified atom stereocenters. The maximum atomic E-state index is 13.5. The van der Waals surface area contributed by atoms with E-state index in [-0.39, 0.29) is 10.7 Å². The van der Waals surface area contributed by atoms with E-state index in [9.17, 15) is 18.0 Å². The Morgan fingerprint density at radius 2 is 1.82 bits per heavy atom. The van der Waals surface area contributed by atoms with Crippen LogP contribution in [0.5, 0.6) is 0 Å². The van der Waals surface area contributed by atoms with E-state index in [2.05, 4.69) is 20.1 Å². The van der Waals surface area contributed by atoms with Crippen LogP contribution in [0.3, 0.4) is 0 Å². The molecule has 0 saturated heterocycles. The maximum Gasteiger partial charge on any atom is 0.418 e. The molecule has 2 aliphatic rings. The summed E-state index contributed by atoms with van der Waals surface area (Å²) in [5, 5.41) is 11.0. The van der Waals surface area contributed by atoms with Crippen molar-refractivity contribution in [3.63, 3.8) is 0 Å². The van der Waals surface area contributed by atoms with Crippen molar-refractivity contribution < 1.29 is 18.0 Å². The lowest BCUT2D eigenvalue weighted by Gasteiger charge is -2.19. The second kappa shape index (κ2) is 8.68. The van der Waals surface area contributed by atoms with Crippen LogP contribution in [0.25, 0.3) is 0 Å². The molecule has 172 valence electrons. The number of nitrogens with one attached hydrogen (secondary N) is 1. The molecular weight excluding hydrogens is 473 g/mol. The van der Waals surface area contributed by atoms with Crippen molar-refractivity contribution in [1.82, 2.24) is 14.8 Å². The first-order valence-electron chi connectivity index (χ1n) is 10.7. The van der Waals surface area contributed by atoms with Crippen LogP contribution < -0.4 is 5.32 Å². The molecule has 0 spiro atoms. The van der Waals surface area contributed by atoms with E-state index in [1.807, 2.05) is 6.07 Å². The van der Waals surface area contributed by atoms with Crippen LogP contribution >= 0.6 is 23.4 Å². The Morgan fingerprint density at radius 1 is 1.09 bits per heavy atom. The number of anilines is 1. The van der Waals surface area contributed by atoms with E-state index in [1.54, 1.807) is 24.3 Å². The highest BCUT2D eigenvalue weighted by atomic mass is 35.5. The average Bonchev–Trinajstić information content (AvgIpc) is 3.72. The van der Waals surface area contributed by atoms with E-state index in [4.69, 9.17) is 11.6 Å². The van der Waals surface area contributed by atoms with Crippen LogP contribution in [0.15, 0.2) is 53.7 Å². The van der Waals surface area contributed by atoms with Gasteiger partial charge in [0.05, 0.1) is 11.3 Å². The van der Waals surface area contributed by atoms with Crippen molar-refractivity contribution in [2.24, 2.45) is 0 Å². The molecule has 33 heavy (non-hydrogen) atoms. The van der Waals surface area contributed by atoms with Gasteiger partial charge in [0.25, 0.3) is 0 Å². The SMILES string of the molecule is O=C(Nc1ccc(Cl)cc1C(F)(F)F)[C@H](Sc1nnc(C2CC2)n1C1CC1)c1ccccc1. The van der Waals surface area contributed by atoms with Gasteiger partial charge in [0.15, 0.2) is 5.16 Å². The fourth-order valence-electron chi connectivity index (χ4n) is 3.73. The molecule has 1 N–H and O–H groups in total. The standard InChI is InChI=1S/C23H20ClF3N4OS/c24-15-8-11-18(17(12-15)23(25,26)27)28-21(32)19(13-4-2-1-3-5-13)33-22-30-29-20(14-6-7-14)31(22)16-9-10-16/h1-5,8,11-12,14,16,19H,6-7,9-10H2,(H,28,32)/t19-/m1/s1. The zero-order chi connectivity index (χ0) is 23.2. The van der Waals surface area contributed by atoms with Crippen molar-refractivity contribution in [3.05, 3.63) is 70.5 Å². The molecule has 2 fully saturated rings. The quantitative estimate of drug-likeness (QED) is 0.376. The number of hydrogen-bond acceptors (Lipinski definition) is 4. The summed E-state index contributed by atoms with van der Waals surface area (Å²) in [6.07, 6.45) is -0.432. The molecule has 5 nitrogen and oxygen atoms in total. The Kier molecular flexibility index (Phi) is 5.86. The fraction of sp³-hybridized carbons (Fsp3) is 0.348. The Balaban J connectivity index is 1.47. The molecule has 2 aliphatic carbocycles. The second-order valence-electron chi connectivity index (χ2n) is 8.30. The number of hydrogen-bond donors (Lipinski definition) is 1. The van der Waals surface area contributed by atoms with E-state index in [0.29, 0.717) is 22.7 Å². The minimum atomic E-state index is -4.66. The first-order valence-corrected chi connectivity index (χ1v) is 11.9. The first kappa shape index (κ1) is 22.3. The molecule has 3 aromatic rings. The molecule has 1 atom stereocenters. The average molecular weight is 493 g/mol. The zero-order valence-electron chi connectivity index (χ0n) is 17.3. The van der Waals surface area contributed by atoms with Gasteiger partial charge in [0.1, 0.15) is 11.1 Å². The Bertz CT molecular complexity index is 1180. The minimum Gasteiger partial charge on any atom is -0.324 e. The van der Waals surface area contributed by atoms with Crippen LogP contribution in [0.2, 0.25) is 5.02 Å². The number of rotatable bonds is 7. The van der Waals surface area contributed by atoms with E-state index >= 15 is 0 Å². The van der Waals surface area contributed by atoms with Gasteiger partial charge in [0, 0.05) is 17.0 Å². The van der Waals surface area contributed by atoms with Crippen LogP contribution in [0.4, 0.5) is 18.9 Å². The third kappa shape index (κ3) is 4.89. The van der Waals surface area contributed by atoms with Gasteiger partial charge < -0.3 is 9.88 Å². The second-order valence-corrected chi connectivity index (χ2v) is 9.81. The highest BCUT2D eigenvalue weighted by molar-refractivity contribution is 8.00. The van der Waals surface area contributed by atoms with Crippen molar-refractivity contribution >= 4 is 35.0 Å².